The van der Waals surface area contributed by atoms with Gasteiger partial charge in [-0.1, -0.05) is 30.3 Å². The monoisotopic (exact) mass is 411 g/mol. The van der Waals surface area contributed by atoms with Crippen LogP contribution < -0.4 is 10.1 Å². The van der Waals surface area contributed by atoms with Crippen LogP contribution in [0.3, 0.4) is 0 Å². The first kappa shape index (κ1) is 21.2. The first-order valence-electron chi connectivity index (χ1n) is 9.48. The van der Waals surface area contributed by atoms with E-state index in [9.17, 15) is 9.59 Å². The van der Waals surface area contributed by atoms with Crippen molar-refractivity contribution in [1.82, 2.24) is 9.78 Å². The number of hydrogen-bond donors (Lipinski definition) is 1. The van der Waals surface area contributed by atoms with Gasteiger partial charge in [-0.05, 0) is 32.4 Å². The molecule has 2 aromatic carbocycles. The summed E-state index contributed by atoms with van der Waals surface area (Å²) in [5.74, 6) is 0.0380. The molecule has 0 aliphatic heterocycles. The van der Waals surface area contributed by atoms with Gasteiger partial charge in [-0.25, -0.2) is 4.79 Å². The summed E-state index contributed by atoms with van der Waals surface area (Å²) in [4.78, 5) is 24.3. The summed E-state index contributed by atoms with van der Waals surface area (Å²) in [6, 6.07) is 12.9. The van der Waals surface area contributed by atoms with Crippen molar-refractivity contribution in [3.8, 4) is 5.75 Å². The second-order valence-electron chi connectivity index (χ2n) is 7.71. The molecule has 0 radical (unpaired) electrons. The van der Waals surface area contributed by atoms with Crippen LogP contribution in [0.25, 0.3) is 10.9 Å². The number of benzene rings is 2. The number of fused-ring (bicyclic) bond motifs is 1. The predicted octanol–water partition coefficient (Wildman–Crippen LogP) is 4.14. The van der Waals surface area contributed by atoms with E-state index in [4.69, 9.17) is 14.2 Å². The zero-order valence-electron chi connectivity index (χ0n) is 17.5. The third-order valence-electron chi connectivity index (χ3n) is 4.04. The Morgan fingerprint density at radius 1 is 1.13 bits per heavy atom. The lowest BCUT2D eigenvalue weighted by atomic mass is 10.2. The summed E-state index contributed by atoms with van der Waals surface area (Å²) in [6.07, 6.45) is 1.12. The van der Waals surface area contributed by atoms with E-state index >= 15 is 0 Å². The number of nitrogens with zero attached hydrogens (tertiary/aromatic N) is 2. The van der Waals surface area contributed by atoms with Crippen molar-refractivity contribution in [3.05, 3.63) is 54.2 Å². The lowest BCUT2D eigenvalue weighted by Crippen LogP contribution is -2.27. The van der Waals surface area contributed by atoms with E-state index in [1.165, 1.54) is 11.8 Å². The average Bonchev–Trinajstić information content (AvgIpc) is 3.06. The van der Waals surface area contributed by atoms with E-state index in [2.05, 4.69) is 10.4 Å². The fourth-order valence-corrected chi connectivity index (χ4v) is 2.78. The number of esters is 1. The van der Waals surface area contributed by atoms with Gasteiger partial charge in [0, 0.05) is 17.6 Å². The number of amides is 1. The number of nitrogens with one attached hydrogen (secondary N) is 1. The maximum absolute atomic E-state index is 12.1. The van der Waals surface area contributed by atoms with Crippen LogP contribution in [0.5, 0.6) is 5.75 Å². The van der Waals surface area contributed by atoms with Crippen molar-refractivity contribution in [1.29, 1.82) is 0 Å². The van der Waals surface area contributed by atoms with Gasteiger partial charge in [-0.15, -0.1) is 0 Å². The highest BCUT2D eigenvalue weighted by molar-refractivity contribution is 5.93. The van der Waals surface area contributed by atoms with Crippen molar-refractivity contribution in [2.24, 2.45) is 0 Å². The predicted molar refractivity (Wildman–Crippen MR) is 112 cm³/mol. The minimum Gasteiger partial charge on any atom is -0.494 e. The summed E-state index contributed by atoms with van der Waals surface area (Å²) in [7, 11) is 1.50. The Bertz CT molecular complexity index is 1040. The molecular weight excluding hydrogens is 386 g/mol. The SMILES string of the molecule is COc1cc2nn(CC(=O)OCc3ccccc3)cc2cc1NC(=O)OC(C)(C)C. The summed E-state index contributed by atoms with van der Waals surface area (Å²) >= 11 is 0. The van der Waals surface area contributed by atoms with Crippen LogP contribution in [0.4, 0.5) is 10.5 Å². The number of rotatable bonds is 6. The molecule has 3 rings (SSSR count). The number of carbonyl (C=O) groups is 2. The van der Waals surface area contributed by atoms with E-state index in [1.807, 2.05) is 30.3 Å². The van der Waals surface area contributed by atoms with Gasteiger partial charge in [-0.2, -0.15) is 5.10 Å². The van der Waals surface area contributed by atoms with E-state index in [0.717, 1.165) is 10.9 Å². The van der Waals surface area contributed by atoms with Gasteiger partial charge in [0.1, 0.15) is 24.5 Å². The molecule has 0 fully saturated rings. The number of carbonyl (C=O) groups excluding carboxylic acids is 2. The van der Waals surface area contributed by atoms with Gasteiger partial charge in [0.2, 0.25) is 0 Å². The molecule has 0 unspecified atom stereocenters. The van der Waals surface area contributed by atoms with Crippen molar-refractivity contribution >= 4 is 28.7 Å². The smallest absolute Gasteiger partial charge is 0.412 e. The maximum Gasteiger partial charge on any atom is 0.412 e. The molecule has 0 bridgehead atoms. The molecule has 0 aliphatic rings. The first-order chi connectivity index (χ1) is 14.2. The van der Waals surface area contributed by atoms with Crippen molar-refractivity contribution in [2.45, 2.75) is 39.5 Å². The van der Waals surface area contributed by atoms with Gasteiger partial charge in [0.25, 0.3) is 0 Å². The average molecular weight is 411 g/mol. The number of methoxy groups -OCH3 is 1. The van der Waals surface area contributed by atoms with E-state index < -0.39 is 17.7 Å². The molecule has 1 N–H and O–H groups in total. The molecule has 158 valence electrons. The maximum atomic E-state index is 12.1. The molecule has 0 aliphatic carbocycles. The second kappa shape index (κ2) is 8.86. The van der Waals surface area contributed by atoms with Crippen LogP contribution in [0.15, 0.2) is 48.7 Å². The highest BCUT2D eigenvalue weighted by atomic mass is 16.6. The third-order valence-corrected chi connectivity index (χ3v) is 4.04. The molecule has 0 saturated carbocycles. The highest BCUT2D eigenvalue weighted by Gasteiger charge is 2.18. The number of ether oxygens (including phenoxy) is 3. The highest BCUT2D eigenvalue weighted by Crippen LogP contribution is 2.30. The minimum atomic E-state index is -0.619. The molecule has 8 heteroatoms. The summed E-state index contributed by atoms with van der Waals surface area (Å²) in [6.45, 7) is 5.53. The summed E-state index contributed by atoms with van der Waals surface area (Å²) in [5, 5.41) is 7.81. The normalized spacial score (nSPS) is 11.2. The molecule has 0 saturated heterocycles. The summed E-state index contributed by atoms with van der Waals surface area (Å²) in [5.41, 5.74) is 1.37. The minimum absolute atomic E-state index is 0.0291. The Labute approximate surface area is 174 Å². The topological polar surface area (TPSA) is 91.7 Å². The fraction of sp³-hybridized carbons (Fsp3) is 0.318. The quantitative estimate of drug-likeness (QED) is 0.613. The number of hydrogen-bond acceptors (Lipinski definition) is 6. The Morgan fingerprint density at radius 2 is 1.87 bits per heavy atom. The lowest BCUT2D eigenvalue weighted by Gasteiger charge is -2.20. The molecule has 0 spiro atoms. The Balaban J connectivity index is 1.70. The molecule has 1 amide bonds. The summed E-state index contributed by atoms with van der Waals surface area (Å²) < 4.78 is 17.4. The van der Waals surface area contributed by atoms with Crippen LogP contribution in [0.1, 0.15) is 26.3 Å². The van der Waals surface area contributed by atoms with Gasteiger partial charge < -0.3 is 14.2 Å². The first-order valence-corrected chi connectivity index (χ1v) is 9.48. The van der Waals surface area contributed by atoms with Crippen molar-refractivity contribution in [3.63, 3.8) is 0 Å². The Kier molecular flexibility index (Phi) is 6.25. The largest absolute Gasteiger partial charge is 0.494 e. The molecule has 1 heterocycles. The van der Waals surface area contributed by atoms with Gasteiger partial charge in [0.05, 0.1) is 18.3 Å². The van der Waals surface area contributed by atoms with Gasteiger partial charge in [0.15, 0.2) is 0 Å². The lowest BCUT2D eigenvalue weighted by molar-refractivity contribution is -0.145. The van der Waals surface area contributed by atoms with Crippen LogP contribution >= 0.6 is 0 Å². The third kappa shape index (κ3) is 5.73. The van der Waals surface area contributed by atoms with Crippen molar-refractivity contribution in [2.75, 3.05) is 12.4 Å². The molecular formula is C22H25N3O5. The number of aromatic nitrogens is 2. The molecule has 8 nitrogen and oxygen atoms in total. The zero-order valence-corrected chi connectivity index (χ0v) is 17.5. The van der Waals surface area contributed by atoms with E-state index in [1.54, 1.807) is 39.1 Å². The Hall–Kier alpha value is -3.55. The number of anilines is 1. The van der Waals surface area contributed by atoms with Crippen LogP contribution in [0.2, 0.25) is 0 Å². The van der Waals surface area contributed by atoms with Crippen LogP contribution in [-0.2, 0) is 27.4 Å². The van der Waals surface area contributed by atoms with Crippen LogP contribution in [-0.4, -0.2) is 34.6 Å². The van der Waals surface area contributed by atoms with Gasteiger partial charge >= 0.3 is 12.1 Å². The standard InChI is InChI=1S/C22H25N3O5/c1-22(2,3)30-21(27)23-18-10-16-12-25(24-17(16)11-19(18)28-4)13-20(26)29-14-15-8-6-5-7-9-15/h5-12H,13-14H2,1-4H3,(H,23,27). The molecule has 3 aromatic rings. The fourth-order valence-electron chi connectivity index (χ4n) is 2.78. The zero-order chi connectivity index (χ0) is 21.7. The van der Waals surface area contributed by atoms with E-state index in [-0.39, 0.29) is 13.2 Å². The van der Waals surface area contributed by atoms with Gasteiger partial charge in [-0.3, -0.25) is 14.8 Å². The van der Waals surface area contributed by atoms with E-state index in [0.29, 0.717) is 17.0 Å². The molecule has 1 aromatic heterocycles. The molecule has 0 atom stereocenters. The van der Waals surface area contributed by atoms with Crippen molar-refractivity contribution < 1.29 is 23.8 Å². The second-order valence-corrected chi connectivity index (χ2v) is 7.71. The Morgan fingerprint density at radius 3 is 2.53 bits per heavy atom. The molecule has 30 heavy (non-hydrogen) atoms. The van der Waals surface area contributed by atoms with Crippen LogP contribution in [0, 0.1) is 0 Å².